The lowest BCUT2D eigenvalue weighted by atomic mass is 10.0. The zero-order valence-corrected chi connectivity index (χ0v) is 16.7. The van der Waals surface area contributed by atoms with Crippen LogP contribution in [0.3, 0.4) is 0 Å². The second-order valence-corrected chi connectivity index (χ2v) is 6.55. The van der Waals surface area contributed by atoms with Crippen molar-refractivity contribution in [2.24, 2.45) is 5.18 Å². The van der Waals surface area contributed by atoms with Gasteiger partial charge in [0.2, 0.25) is 0 Å². The molecular weight excluding hydrogens is 408 g/mol. The fourth-order valence-corrected chi connectivity index (χ4v) is 2.24. The highest BCUT2D eigenvalue weighted by atomic mass is 16.5. The molecule has 0 aromatic rings. The van der Waals surface area contributed by atoms with Crippen LogP contribution < -0.4 is 5.32 Å². The molecule has 0 aliphatic heterocycles. The summed E-state index contributed by atoms with van der Waals surface area (Å²) in [5.74, 6) is -3.14. The Morgan fingerprint density at radius 2 is 1.23 bits per heavy atom. The summed E-state index contributed by atoms with van der Waals surface area (Å²) in [7, 11) is 0. The summed E-state index contributed by atoms with van der Waals surface area (Å²) < 4.78 is 16.2. The summed E-state index contributed by atoms with van der Waals surface area (Å²) in [5.41, 5.74) is -1.07. The number of aliphatic hydroxyl groups is 1. The molecule has 0 unspecified atom stereocenters. The molecule has 0 saturated carbocycles. The van der Waals surface area contributed by atoms with E-state index in [0.717, 1.165) is 0 Å². The third-order valence-electron chi connectivity index (χ3n) is 3.78. The van der Waals surface area contributed by atoms with Crippen LogP contribution in [-0.4, -0.2) is 103 Å². The number of carbonyl (C=O) groups is 3. The largest absolute Gasteiger partial charge is 0.481 e. The van der Waals surface area contributed by atoms with Gasteiger partial charge in [0.25, 0.3) is 0 Å². The summed E-state index contributed by atoms with van der Waals surface area (Å²) in [6.07, 6.45) is -1.52. The van der Waals surface area contributed by atoms with Crippen molar-refractivity contribution in [3.63, 3.8) is 0 Å². The van der Waals surface area contributed by atoms with E-state index in [1.165, 1.54) is 0 Å². The Morgan fingerprint density at radius 1 is 0.833 bits per heavy atom. The van der Waals surface area contributed by atoms with E-state index >= 15 is 0 Å². The molecule has 174 valence electrons. The topological polar surface area (TPSA) is 201 Å². The summed E-state index contributed by atoms with van der Waals surface area (Å²) >= 11 is 0. The quantitative estimate of drug-likeness (QED) is 0.112. The van der Waals surface area contributed by atoms with Crippen LogP contribution in [0.4, 0.5) is 0 Å². The lowest BCUT2D eigenvalue weighted by Crippen LogP contribution is -2.57. The lowest BCUT2D eigenvalue weighted by Gasteiger charge is -2.34. The predicted octanol–water partition coefficient (Wildman–Crippen LogP) is -0.694. The Kier molecular flexibility index (Phi) is 15.4. The summed E-state index contributed by atoms with van der Waals surface area (Å²) in [6.45, 7) is -0.632. The highest BCUT2D eigenvalue weighted by Crippen LogP contribution is 2.11. The van der Waals surface area contributed by atoms with E-state index < -0.39 is 29.6 Å². The summed E-state index contributed by atoms with van der Waals surface area (Å²) in [4.78, 5) is 42.2. The van der Waals surface area contributed by atoms with Crippen LogP contribution in [0.25, 0.3) is 0 Å². The second kappa shape index (κ2) is 16.6. The van der Waals surface area contributed by atoms with Crippen molar-refractivity contribution in [1.82, 2.24) is 5.32 Å². The fraction of sp³-hybridized carbons (Fsp3) is 0.824. The molecule has 0 amide bonds. The molecule has 13 heteroatoms. The first-order valence-corrected chi connectivity index (χ1v) is 9.31. The molecule has 0 bridgehead atoms. The SMILES string of the molecule is O=NC[C@@H](O)CCNC(COCCC(=O)O)(COCCC(=O)O)COCCC(=O)O. The molecular formula is C17H30N2O11. The van der Waals surface area contributed by atoms with Crippen molar-refractivity contribution >= 4 is 17.9 Å². The third kappa shape index (κ3) is 15.7. The molecule has 0 aromatic heterocycles. The van der Waals surface area contributed by atoms with E-state index in [2.05, 4.69) is 10.5 Å². The number of rotatable bonds is 21. The number of nitrogens with one attached hydrogen (secondary N) is 1. The minimum absolute atomic E-state index is 0.0809. The van der Waals surface area contributed by atoms with E-state index in [9.17, 15) is 24.4 Å². The van der Waals surface area contributed by atoms with Crippen molar-refractivity contribution in [3.05, 3.63) is 4.91 Å². The number of aliphatic carboxylic acids is 3. The van der Waals surface area contributed by atoms with Crippen molar-refractivity contribution in [3.8, 4) is 0 Å². The monoisotopic (exact) mass is 438 g/mol. The first-order valence-electron chi connectivity index (χ1n) is 9.31. The number of nitrogens with zero attached hydrogens (tertiary/aromatic N) is 1. The molecule has 13 nitrogen and oxygen atoms in total. The Balaban J connectivity index is 5.02. The average molecular weight is 438 g/mol. The molecule has 0 aromatic carbocycles. The number of ether oxygens (including phenoxy) is 3. The van der Waals surface area contributed by atoms with Crippen LogP contribution in [0.1, 0.15) is 25.7 Å². The van der Waals surface area contributed by atoms with Gasteiger partial charge in [-0.1, -0.05) is 5.18 Å². The molecule has 0 spiro atoms. The van der Waals surface area contributed by atoms with Gasteiger partial charge < -0.3 is 40.0 Å². The van der Waals surface area contributed by atoms with E-state index in [1.807, 2.05) is 0 Å². The Morgan fingerprint density at radius 3 is 1.57 bits per heavy atom. The van der Waals surface area contributed by atoms with Gasteiger partial charge in [-0.05, 0) is 13.0 Å². The van der Waals surface area contributed by atoms with E-state index in [0.29, 0.717) is 0 Å². The molecule has 0 aliphatic rings. The van der Waals surface area contributed by atoms with Crippen molar-refractivity contribution in [2.75, 3.05) is 52.7 Å². The first kappa shape index (κ1) is 27.8. The maximum atomic E-state index is 10.7. The fourth-order valence-electron chi connectivity index (χ4n) is 2.24. The van der Waals surface area contributed by atoms with Gasteiger partial charge in [-0.3, -0.25) is 14.4 Å². The van der Waals surface area contributed by atoms with Crippen molar-refractivity contribution in [2.45, 2.75) is 37.3 Å². The molecule has 0 radical (unpaired) electrons. The Bertz CT molecular complexity index is 475. The Labute approximate surface area is 173 Å². The molecule has 0 aliphatic carbocycles. The molecule has 5 N–H and O–H groups in total. The average Bonchev–Trinajstić information content (AvgIpc) is 2.65. The van der Waals surface area contributed by atoms with Crippen LogP contribution in [0.15, 0.2) is 5.18 Å². The predicted molar refractivity (Wildman–Crippen MR) is 101 cm³/mol. The third-order valence-corrected chi connectivity index (χ3v) is 3.78. The molecule has 1 atom stereocenters. The maximum absolute atomic E-state index is 10.7. The zero-order valence-electron chi connectivity index (χ0n) is 16.7. The van der Waals surface area contributed by atoms with Gasteiger partial charge in [0.15, 0.2) is 0 Å². The number of carboxylic acids is 3. The maximum Gasteiger partial charge on any atom is 0.305 e. The zero-order chi connectivity index (χ0) is 22.8. The molecule has 0 saturated heterocycles. The van der Waals surface area contributed by atoms with E-state index in [1.54, 1.807) is 0 Å². The highest BCUT2D eigenvalue weighted by molar-refractivity contribution is 5.67. The van der Waals surface area contributed by atoms with Crippen LogP contribution in [0.5, 0.6) is 0 Å². The number of carboxylic acid groups (broad SMARTS) is 3. The van der Waals surface area contributed by atoms with Crippen LogP contribution >= 0.6 is 0 Å². The summed E-state index contributed by atoms with van der Waals surface area (Å²) in [6, 6.07) is 0. The van der Waals surface area contributed by atoms with E-state index in [4.69, 9.17) is 29.5 Å². The van der Waals surface area contributed by atoms with Crippen LogP contribution in [0, 0.1) is 4.91 Å². The van der Waals surface area contributed by atoms with Gasteiger partial charge in [0.05, 0.1) is 70.5 Å². The van der Waals surface area contributed by atoms with Crippen molar-refractivity contribution < 1.29 is 49.0 Å². The van der Waals surface area contributed by atoms with Crippen LogP contribution in [0.2, 0.25) is 0 Å². The number of nitroso groups, excluding NO2 is 1. The van der Waals surface area contributed by atoms with Gasteiger partial charge in [-0.25, -0.2) is 0 Å². The van der Waals surface area contributed by atoms with Gasteiger partial charge >= 0.3 is 17.9 Å². The molecule has 0 heterocycles. The van der Waals surface area contributed by atoms with Gasteiger partial charge in [0.1, 0.15) is 6.54 Å². The number of hydrogen-bond donors (Lipinski definition) is 5. The Hall–Kier alpha value is -2.19. The van der Waals surface area contributed by atoms with Gasteiger partial charge in [-0.2, -0.15) is 4.91 Å². The van der Waals surface area contributed by atoms with Gasteiger partial charge in [0, 0.05) is 0 Å². The minimum Gasteiger partial charge on any atom is -0.481 e. The minimum atomic E-state index is -1.07. The normalized spacial score (nSPS) is 12.4. The second-order valence-electron chi connectivity index (χ2n) is 6.55. The molecule has 30 heavy (non-hydrogen) atoms. The smallest absolute Gasteiger partial charge is 0.305 e. The highest BCUT2D eigenvalue weighted by Gasteiger charge is 2.31. The lowest BCUT2D eigenvalue weighted by molar-refractivity contribution is -0.139. The summed E-state index contributed by atoms with van der Waals surface area (Å²) in [5, 5.41) is 41.5. The first-order chi connectivity index (χ1) is 14.2. The number of hydrogen-bond acceptors (Lipinski definition) is 10. The van der Waals surface area contributed by atoms with Crippen LogP contribution in [-0.2, 0) is 28.6 Å². The molecule has 0 rings (SSSR count). The standard InChI is InChI=1S/C17H30N2O11/c20-13(9-19-27)1-5-18-17(10-28-6-2-14(21)22,11-29-7-3-15(23)24)12-30-8-4-16(25)26/h13,18,20H,1-12H2,(H,21,22)(H,23,24)(H,25,26)/t13-/m0/s1. The molecule has 0 fully saturated rings. The van der Waals surface area contributed by atoms with E-state index in [-0.39, 0.29) is 78.4 Å². The number of aliphatic hydroxyl groups excluding tert-OH is 1. The van der Waals surface area contributed by atoms with Crippen molar-refractivity contribution in [1.29, 1.82) is 0 Å². The van der Waals surface area contributed by atoms with Gasteiger partial charge in [-0.15, -0.1) is 0 Å².